The maximum absolute atomic E-state index is 13.6. The van der Waals surface area contributed by atoms with Gasteiger partial charge in [-0.25, -0.2) is 9.18 Å². The minimum Gasteiger partial charge on any atom is -0.463 e. The summed E-state index contributed by atoms with van der Waals surface area (Å²) in [4.78, 5) is 11.4. The number of hydrogen-bond acceptors (Lipinski definition) is 4. The number of methoxy groups -OCH3 is 1. The molecule has 7 heteroatoms. The summed E-state index contributed by atoms with van der Waals surface area (Å²) in [5.74, 6) is -1.48. The molecule has 0 saturated carbocycles. The molecule has 4 nitrogen and oxygen atoms in total. The molecule has 2 aromatic rings. The quantitative estimate of drug-likeness (QED) is 0.686. The number of aliphatic hydroxyl groups is 1. The van der Waals surface area contributed by atoms with Crippen LogP contribution in [-0.4, -0.2) is 18.2 Å². The molecule has 0 radical (unpaired) electrons. The van der Waals surface area contributed by atoms with Crippen LogP contribution >= 0.6 is 23.2 Å². The molecule has 1 unspecified atom stereocenters. The molecule has 0 fully saturated rings. The van der Waals surface area contributed by atoms with Gasteiger partial charge in [-0.2, -0.15) is 0 Å². The van der Waals surface area contributed by atoms with Gasteiger partial charge in [0.1, 0.15) is 17.2 Å². The number of esters is 1. The van der Waals surface area contributed by atoms with E-state index in [2.05, 4.69) is 4.74 Å². The maximum atomic E-state index is 13.6. The molecule has 0 amide bonds. The van der Waals surface area contributed by atoms with E-state index in [-0.39, 0.29) is 27.1 Å². The summed E-state index contributed by atoms with van der Waals surface area (Å²) in [6, 6.07) is 4.93. The van der Waals surface area contributed by atoms with E-state index >= 15 is 0 Å². The highest BCUT2D eigenvalue weighted by molar-refractivity contribution is 6.35. The first-order valence-electron chi connectivity index (χ1n) is 5.83. The number of halogens is 3. The second-order valence-corrected chi connectivity index (χ2v) is 5.29. The van der Waals surface area contributed by atoms with Gasteiger partial charge in [0.2, 0.25) is 5.76 Å². The first-order chi connectivity index (χ1) is 9.77. The molecule has 0 saturated heterocycles. The van der Waals surface area contributed by atoms with Gasteiger partial charge in [0.25, 0.3) is 0 Å². The van der Waals surface area contributed by atoms with Gasteiger partial charge < -0.3 is 14.3 Å². The lowest BCUT2D eigenvalue weighted by atomic mass is 9.93. The molecule has 1 atom stereocenters. The van der Waals surface area contributed by atoms with Crippen molar-refractivity contribution in [2.75, 3.05) is 7.11 Å². The number of hydrogen-bond donors (Lipinski definition) is 1. The maximum Gasteiger partial charge on any atom is 0.373 e. The van der Waals surface area contributed by atoms with Gasteiger partial charge in [0, 0.05) is 10.6 Å². The highest BCUT2D eigenvalue weighted by Gasteiger charge is 2.33. The van der Waals surface area contributed by atoms with Gasteiger partial charge in [-0.1, -0.05) is 23.2 Å². The van der Waals surface area contributed by atoms with Gasteiger partial charge in [0.15, 0.2) is 0 Å². The Balaban J connectivity index is 2.49. The summed E-state index contributed by atoms with van der Waals surface area (Å²) in [6.07, 6.45) is 0. The molecule has 0 aliphatic rings. The monoisotopic (exact) mass is 332 g/mol. The van der Waals surface area contributed by atoms with E-state index in [1.165, 1.54) is 32.2 Å². The summed E-state index contributed by atoms with van der Waals surface area (Å²) in [6.45, 7) is 1.36. The largest absolute Gasteiger partial charge is 0.463 e. The van der Waals surface area contributed by atoms with Crippen LogP contribution in [0.15, 0.2) is 28.7 Å². The van der Waals surface area contributed by atoms with E-state index in [9.17, 15) is 14.3 Å². The summed E-state index contributed by atoms with van der Waals surface area (Å²) in [7, 11) is 1.20. The van der Waals surface area contributed by atoms with Gasteiger partial charge in [-0.05, 0) is 31.2 Å². The van der Waals surface area contributed by atoms with Crippen molar-refractivity contribution in [3.8, 4) is 0 Å². The predicted octanol–water partition coefficient (Wildman–Crippen LogP) is 3.77. The molecule has 0 aliphatic heterocycles. The van der Waals surface area contributed by atoms with Crippen LogP contribution in [0, 0.1) is 5.82 Å². The van der Waals surface area contributed by atoms with Crippen LogP contribution in [0.5, 0.6) is 0 Å². The summed E-state index contributed by atoms with van der Waals surface area (Å²) in [5.41, 5.74) is -1.67. The summed E-state index contributed by atoms with van der Waals surface area (Å²) >= 11 is 11.6. The normalized spacial score (nSPS) is 13.8. The van der Waals surface area contributed by atoms with Crippen molar-refractivity contribution in [3.63, 3.8) is 0 Å². The molecule has 1 aromatic heterocycles. The van der Waals surface area contributed by atoms with Crippen LogP contribution in [-0.2, 0) is 10.3 Å². The van der Waals surface area contributed by atoms with E-state index in [1.54, 1.807) is 0 Å². The van der Waals surface area contributed by atoms with E-state index in [0.29, 0.717) is 0 Å². The third-order valence-corrected chi connectivity index (χ3v) is 3.61. The minimum atomic E-state index is -1.74. The zero-order valence-electron chi connectivity index (χ0n) is 11.1. The molecular formula is C14H11Cl2FO4. The molecule has 21 heavy (non-hydrogen) atoms. The van der Waals surface area contributed by atoms with Crippen molar-refractivity contribution in [2.45, 2.75) is 12.5 Å². The average Bonchev–Trinajstić information content (AvgIpc) is 2.92. The first kappa shape index (κ1) is 15.8. The number of ether oxygens (including phenoxy) is 1. The van der Waals surface area contributed by atoms with Crippen LogP contribution in [0.3, 0.4) is 0 Å². The number of carbonyl (C=O) groups is 1. The van der Waals surface area contributed by atoms with E-state index in [4.69, 9.17) is 27.6 Å². The fraction of sp³-hybridized carbons (Fsp3) is 0.214. The Kier molecular flexibility index (Phi) is 4.27. The van der Waals surface area contributed by atoms with E-state index in [0.717, 1.165) is 6.07 Å². The Hall–Kier alpha value is -1.56. The lowest BCUT2D eigenvalue weighted by Gasteiger charge is -2.22. The Labute approximate surface area is 130 Å². The molecule has 112 valence electrons. The molecule has 1 N–H and O–H groups in total. The molecule has 0 spiro atoms. The summed E-state index contributed by atoms with van der Waals surface area (Å²) < 4.78 is 23.3. The average molecular weight is 333 g/mol. The van der Waals surface area contributed by atoms with Gasteiger partial charge >= 0.3 is 5.97 Å². The SMILES string of the molecule is COC(=O)c1ccc(C(C)(O)c2cc(F)c(Cl)cc2Cl)o1. The zero-order chi connectivity index (χ0) is 15.8. The van der Waals surface area contributed by atoms with Crippen LogP contribution < -0.4 is 0 Å². The molecule has 0 bridgehead atoms. The van der Waals surface area contributed by atoms with Crippen LogP contribution in [0.4, 0.5) is 4.39 Å². The second-order valence-electron chi connectivity index (χ2n) is 4.47. The minimum absolute atomic E-state index is 0.0199. The Morgan fingerprint density at radius 1 is 1.33 bits per heavy atom. The highest BCUT2D eigenvalue weighted by Crippen LogP contribution is 2.37. The molecule has 1 aromatic carbocycles. The Morgan fingerprint density at radius 3 is 2.62 bits per heavy atom. The topological polar surface area (TPSA) is 59.7 Å². The highest BCUT2D eigenvalue weighted by atomic mass is 35.5. The van der Waals surface area contributed by atoms with Crippen LogP contribution in [0.25, 0.3) is 0 Å². The molecular weight excluding hydrogens is 322 g/mol. The smallest absolute Gasteiger partial charge is 0.373 e. The van der Waals surface area contributed by atoms with Crippen molar-refractivity contribution < 1.29 is 23.4 Å². The van der Waals surface area contributed by atoms with Gasteiger partial charge in [0.05, 0.1) is 12.1 Å². The van der Waals surface area contributed by atoms with Gasteiger partial charge in [-0.15, -0.1) is 0 Å². The van der Waals surface area contributed by atoms with Crippen molar-refractivity contribution in [1.82, 2.24) is 0 Å². The molecule has 2 rings (SSSR count). The standard InChI is InChI=1S/C14H11Cl2FO4/c1-14(19,7-5-10(17)9(16)6-8(7)15)12-4-3-11(21-12)13(18)20-2/h3-6,19H,1-2H3. The van der Waals surface area contributed by atoms with Crippen LogP contribution in [0.2, 0.25) is 10.0 Å². The lowest BCUT2D eigenvalue weighted by molar-refractivity contribution is 0.0522. The number of furan rings is 1. The number of rotatable bonds is 3. The fourth-order valence-corrected chi connectivity index (χ4v) is 2.41. The number of carbonyl (C=O) groups excluding carboxylic acids is 1. The van der Waals surface area contributed by atoms with Crippen molar-refractivity contribution >= 4 is 29.2 Å². The van der Waals surface area contributed by atoms with E-state index < -0.39 is 17.4 Å². The van der Waals surface area contributed by atoms with E-state index in [1.807, 2.05) is 0 Å². The van der Waals surface area contributed by atoms with Gasteiger partial charge in [-0.3, -0.25) is 0 Å². The zero-order valence-corrected chi connectivity index (χ0v) is 12.6. The first-order valence-corrected chi connectivity index (χ1v) is 6.59. The lowest BCUT2D eigenvalue weighted by Crippen LogP contribution is -2.23. The molecule has 0 aliphatic carbocycles. The second kappa shape index (κ2) is 5.67. The Morgan fingerprint density at radius 2 is 2.00 bits per heavy atom. The third-order valence-electron chi connectivity index (χ3n) is 3.01. The fourth-order valence-electron chi connectivity index (χ4n) is 1.84. The van der Waals surface area contributed by atoms with Crippen LogP contribution in [0.1, 0.15) is 28.8 Å². The van der Waals surface area contributed by atoms with Crippen molar-refractivity contribution in [2.24, 2.45) is 0 Å². The Bertz CT molecular complexity index is 694. The van der Waals surface area contributed by atoms with Crippen molar-refractivity contribution in [3.05, 3.63) is 57.2 Å². The number of benzene rings is 1. The summed E-state index contributed by atoms with van der Waals surface area (Å²) in [5, 5.41) is 10.5. The predicted molar refractivity (Wildman–Crippen MR) is 75.1 cm³/mol. The molecule has 1 heterocycles. The van der Waals surface area contributed by atoms with Crippen molar-refractivity contribution in [1.29, 1.82) is 0 Å². The third kappa shape index (κ3) is 2.90.